The lowest BCUT2D eigenvalue weighted by Crippen LogP contribution is -2.20. The van der Waals surface area contributed by atoms with Crippen molar-refractivity contribution < 1.29 is 0 Å². The average molecular weight is 231 g/mol. The molecule has 94 valence electrons. The molecule has 1 aliphatic carbocycles. The molecule has 0 radical (unpaired) electrons. The normalized spacial score (nSPS) is 20.4. The lowest BCUT2D eigenvalue weighted by atomic mass is 9.71. The zero-order valence-corrected chi connectivity index (χ0v) is 11.2. The Labute approximate surface area is 105 Å². The molecule has 0 saturated heterocycles. The Morgan fingerprint density at radius 3 is 2.24 bits per heavy atom. The highest BCUT2D eigenvalue weighted by Gasteiger charge is 2.27. The van der Waals surface area contributed by atoms with Gasteiger partial charge in [0.05, 0.1) is 0 Å². The van der Waals surface area contributed by atoms with Gasteiger partial charge >= 0.3 is 0 Å². The topological polar surface area (TPSA) is 26.0 Å². The quantitative estimate of drug-likeness (QED) is 0.839. The van der Waals surface area contributed by atoms with Crippen LogP contribution in [0.4, 0.5) is 0 Å². The fourth-order valence-electron chi connectivity index (χ4n) is 2.86. The van der Waals surface area contributed by atoms with Gasteiger partial charge in [-0.3, -0.25) is 0 Å². The summed E-state index contributed by atoms with van der Waals surface area (Å²) in [5.41, 5.74) is 9.03. The molecule has 2 rings (SSSR count). The van der Waals surface area contributed by atoms with Gasteiger partial charge in [-0.1, -0.05) is 38.1 Å². The molecule has 2 N–H and O–H groups in total. The van der Waals surface area contributed by atoms with Gasteiger partial charge < -0.3 is 5.73 Å². The molecule has 0 atom stereocenters. The predicted octanol–water partition coefficient (Wildman–Crippen LogP) is 3.87. The average Bonchev–Trinajstić information content (AvgIpc) is 2.31. The second kappa shape index (κ2) is 5.22. The third kappa shape index (κ3) is 3.32. The molecule has 17 heavy (non-hydrogen) atoms. The van der Waals surface area contributed by atoms with Crippen molar-refractivity contribution in [1.29, 1.82) is 0 Å². The Balaban J connectivity index is 1.99. The fourth-order valence-corrected chi connectivity index (χ4v) is 2.86. The van der Waals surface area contributed by atoms with E-state index in [2.05, 4.69) is 38.1 Å². The fraction of sp³-hybridized carbons (Fsp3) is 0.625. The van der Waals surface area contributed by atoms with Crippen LogP contribution in [0.2, 0.25) is 0 Å². The Morgan fingerprint density at radius 2 is 1.71 bits per heavy atom. The van der Waals surface area contributed by atoms with Gasteiger partial charge in [0.25, 0.3) is 0 Å². The molecular weight excluding hydrogens is 206 g/mol. The molecule has 1 aliphatic rings. The molecular formula is C16H25N. The maximum absolute atomic E-state index is 5.57. The van der Waals surface area contributed by atoms with Crippen molar-refractivity contribution in [3.8, 4) is 0 Å². The first kappa shape index (κ1) is 12.6. The van der Waals surface area contributed by atoms with Gasteiger partial charge in [-0.2, -0.15) is 0 Å². The summed E-state index contributed by atoms with van der Waals surface area (Å²) < 4.78 is 0. The van der Waals surface area contributed by atoms with Crippen LogP contribution in [-0.2, 0) is 6.42 Å². The summed E-state index contributed by atoms with van der Waals surface area (Å²) in [6, 6.07) is 9.13. The first-order chi connectivity index (χ1) is 8.11. The van der Waals surface area contributed by atoms with E-state index < -0.39 is 0 Å². The van der Waals surface area contributed by atoms with Crippen molar-refractivity contribution >= 4 is 0 Å². The van der Waals surface area contributed by atoms with E-state index in [1.54, 1.807) is 0 Å². The number of hydrogen-bond donors (Lipinski definition) is 1. The number of benzene rings is 1. The molecule has 1 aromatic carbocycles. The first-order valence-corrected chi connectivity index (χ1v) is 6.90. The minimum Gasteiger partial charge on any atom is -0.330 e. The molecule has 1 saturated carbocycles. The monoisotopic (exact) mass is 231 g/mol. The molecule has 0 bridgehead atoms. The van der Waals surface area contributed by atoms with Crippen LogP contribution in [0.15, 0.2) is 24.3 Å². The third-order valence-corrected chi connectivity index (χ3v) is 4.22. The van der Waals surface area contributed by atoms with E-state index in [-0.39, 0.29) is 0 Å². The summed E-state index contributed by atoms with van der Waals surface area (Å²) in [5.74, 6) is 0.787. The minimum atomic E-state index is 0.565. The zero-order chi connectivity index (χ0) is 12.3. The van der Waals surface area contributed by atoms with Crippen molar-refractivity contribution in [1.82, 2.24) is 0 Å². The van der Waals surface area contributed by atoms with Crippen LogP contribution < -0.4 is 5.73 Å². The second-order valence-corrected chi connectivity index (χ2v) is 6.22. The van der Waals surface area contributed by atoms with Gasteiger partial charge in [-0.05, 0) is 61.1 Å². The van der Waals surface area contributed by atoms with Crippen LogP contribution in [0.5, 0.6) is 0 Å². The highest BCUT2D eigenvalue weighted by atomic mass is 14.5. The van der Waals surface area contributed by atoms with Crippen molar-refractivity contribution in [3.63, 3.8) is 0 Å². The summed E-state index contributed by atoms with van der Waals surface area (Å²) in [6.07, 6.45) is 6.43. The van der Waals surface area contributed by atoms with Crippen LogP contribution in [0.25, 0.3) is 0 Å². The summed E-state index contributed by atoms with van der Waals surface area (Å²) in [4.78, 5) is 0. The SMILES string of the molecule is CC1(C)CCC(c2ccc(CCN)cc2)CC1. The highest BCUT2D eigenvalue weighted by Crippen LogP contribution is 2.42. The third-order valence-electron chi connectivity index (χ3n) is 4.22. The number of hydrogen-bond acceptors (Lipinski definition) is 1. The first-order valence-electron chi connectivity index (χ1n) is 6.90. The molecule has 0 amide bonds. The summed E-state index contributed by atoms with van der Waals surface area (Å²) >= 11 is 0. The van der Waals surface area contributed by atoms with Crippen molar-refractivity contribution in [2.24, 2.45) is 11.1 Å². The van der Waals surface area contributed by atoms with E-state index in [0.717, 1.165) is 18.9 Å². The van der Waals surface area contributed by atoms with E-state index in [9.17, 15) is 0 Å². The van der Waals surface area contributed by atoms with Gasteiger partial charge in [0.2, 0.25) is 0 Å². The van der Waals surface area contributed by atoms with E-state index >= 15 is 0 Å². The molecule has 1 heteroatoms. The Hall–Kier alpha value is -0.820. The van der Waals surface area contributed by atoms with E-state index in [1.165, 1.54) is 36.8 Å². The smallest absolute Gasteiger partial charge is 0.00367 e. The Kier molecular flexibility index (Phi) is 3.88. The number of nitrogens with two attached hydrogens (primary N) is 1. The Bertz CT molecular complexity index is 340. The summed E-state index contributed by atoms with van der Waals surface area (Å²) in [5, 5.41) is 0. The highest BCUT2D eigenvalue weighted by molar-refractivity contribution is 5.26. The standard InChI is InChI=1S/C16H25N/c1-16(2)10-7-15(8-11-16)14-5-3-13(4-6-14)9-12-17/h3-6,15H,7-12,17H2,1-2H3. The van der Waals surface area contributed by atoms with Crippen molar-refractivity contribution in [2.45, 2.75) is 51.9 Å². The maximum atomic E-state index is 5.57. The lowest BCUT2D eigenvalue weighted by molar-refractivity contribution is 0.224. The molecule has 0 aliphatic heterocycles. The largest absolute Gasteiger partial charge is 0.330 e. The van der Waals surface area contributed by atoms with Gasteiger partial charge in [-0.25, -0.2) is 0 Å². The summed E-state index contributed by atoms with van der Waals surface area (Å²) in [6.45, 7) is 5.54. The molecule has 0 unspecified atom stereocenters. The second-order valence-electron chi connectivity index (χ2n) is 6.22. The number of rotatable bonds is 3. The lowest BCUT2D eigenvalue weighted by Gasteiger charge is -2.34. The van der Waals surface area contributed by atoms with E-state index in [0.29, 0.717) is 5.41 Å². The van der Waals surface area contributed by atoms with Gasteiger partial charge in [0.1, 0.15) is 0 Å². The van der Waals surface area contributed by atoms with E-state index in [1.807, 2.05) is 0 Å². The molecule has 0 aromatic heterocycles. The molecule has 1 fully saturated rings. The predicted molar refractivity (Wildman–Crippen MR) is 74.2 cm³/mol. The van der Waals surface area contributed by atoms with Crippen molar-refractivity contribution in [3.05, 3.63) is 35.4 Å². The van der Waals surface area contributed by atoms with Crippen LogP contribution in [-0.4, -0.2) is 6.54 Å². The van der Waals surface area contributed by atoms with Crippen LogP contribution in [0, 0.1) is 5.41 Å². The van der Waals surface area contributed by atoms with Crippen LogP contribution >= 0.6 is 0 Å². The van der Waals surface area contributed by atoms with Gasteiger partial charge in [0, 0.05) is 0 Å². The van der Waals surface area contributed by atoms with Crippen LogP contribution in [0.1, 0.15) is 56.6 Å². The molecule has 1 nitrogen and oxygen atoms in total. The van der Waals surface area contributed by atoms with Gasteiger partial charge in [-0.15, -0.1) is 0 Å². The molecule has 1 aromatic rings. The van der Waals surface area contributed by atoms with Crippen molar-refractivity contribution in [2.75, 3.05) is 6.54 Å². The maximum Gasteiger partial charge on any atom is -0.00367 e. The summed E-state index contributed by atoms with van der Waals surface area (Å²) in [7, 11) is 0. The van der Waals surface area contributed by atoms with Crippen LogP contribution in [0.3, 0.4) is 0 Å². The van der Waals surface area contributed by atoms with Gasteiger partial charge in [0.15, 0.2) is 0 Å². The Morgan fingerprint density at radius 1 is 1.12 bits per heavy atom. The zero-order valence-electron chi connectivity index (χ0n) is 11.2. The van der Waals surface area contributed by atoms with E-state index in [4.69, 9.17) is 5.73 Å². The minimum absolute atomic E-state index is 0.565. The molecule has 0 heterocycles. The molecule has 0 spiro atoms.